The van der Waals surface area contributed by atoms with Crippen molar-refractivity contribution >= 4 is 28.3 Å². The van der Waals surface area contributed by atoms with Gasteiger partial charge in [-0.05, 0) is 12.3 Å². The minimum Gasteiger partial charge on any atom is -0.486 e. The summed E-state index contributed by atoms with van der Waals surface area (Å²) in [5.74, 6) is -0.527. The lowest BCUT2D eigenvalue weighted by Gasteiger charge is -2.10. The highest BCUT2D eigenvalue weighted by Crippen LogP contribution is 2.31. The third-order valence-electron chi connectivity index (χ3n) is 2.44. The average molecular weight is 300 g/mol. The van der Waals surface area contributed by atoms with Crippen LogP contribution in [0.2, 0.25) is 0 Å². The first-order valence-corrected chi connectivity index (χ1v) is 6.72. The molecule has 0 unspecified atom stereocenters. The number of thioether (sulfide) groups is 1. The fourth-order valence-electron chi connectivity index (χ4n) is 1.37. The minimum absolute atomic E-state index is 0.0294. The molecule has 20 heavy (non-hydrogen) atoms. The summed E-state index contributed by atoms with van der Waals surface area (Å²) in [6, 6.07) is 3.10. The van der Waals surface area contributed by atoms with E-state index in [2.05, 4.69) is 0 Å². The van der Waals surface area contributed by atoms with Crippen LogP contribution in [0, 0.1) is 26.1 Å². The van der Waals surface area contributed by atoms with Gasteiger partial charge in [0.15, 0.2) is 10.9 Å². The zero-order valence-electron chi connectivity index (χ0n) is 10.8. The molecule has 0 aliphatic heterocycles. The van der Waals surface area contributed by atoms with Crippen molar-refractivity contribution < 1.29 is 19.4 Å². The molecule has 1 atom stereocenters. The Kier molecular flexibility index (Phi) is 5.44. The molecule has 0 aliphatic rings. The molecule has 1 aromatic carbocycles. The van der Waals surface area contributed by atoms with Crippen LogP contribution in [0.15, 0.2) is 18.2 Å². The van der Waals surface area contributed by atoms with E-state index in [1.54, 1.807) is 13.2 Å². The summed E-state index contributed by atoms with van der Waals surface area (Å²) in [6.45, 7) is 1.61. The number of ether oxygens (including phenoxy) is 1. The molecule has 1 rings (SSSR count). The largest absolute Gasteiger partial charge is 0.486 e. The predicted octanol–water partition coefficient (Wildman–Crippen LogP) is 2.41. The molecule has 0 spiro atoms. The quantitative estimate of drug-likeness (QED) is 0.585. The van der Waals surface area contributed by atoms with Crippen LogP contribution in [-0.4, -0.2) is 27.8 Å². The van der Waals surface area contributed by atoms with Crippen LogP contribution in [0.5, 0.6) is 5.75 Å². The smallest absolute Gasteiger partial charge is 0.317 e. The molecule has 0 aromatic heterocycles. The maximum absolute atomic E-state index is 11.4. The lowest BCUT2D eigenvalue weighted by Crippen LogP contribution is -2.16. The van der Waals surface area contributed by atoms with E-state index in [0.29, 0.717) is 0 Å². The number of hydrogen-bond donors (Lipinski definition) is 0. The number of nitrogens with zero attached hydrogens (tertiary/aromatic N) is 2. The Morgan fingerprint density at radius 3 is 2.50 bits per heavy atom. The molecule has 0 saturated heterocycles. The van der Waals surface area contributed by atoms with E-state index in [1.807, 2.05) is 0 Å². The van der Waals surface area contributed by atoms with Gasteiger partial charge in [0.1, 0.15) is 0 Å². The van der Waals surface area contributed by atoms with Crippen LogP contribution in [-0.2, 0) is 4.79 Å². The number of nitro benzene ring substituents is 2. The molecular weight excluding hydrogens is 288 g/mol. The van der Waals surface area contributed by atoms with E-state index < -0.39 is 27.1 Å². The third-order valence-corrected chi connectivity index (χ3v) is 3.25. The van der Waals surface area contributed by atoms with Crippen molar-refractivity contribution in [3.8, 4) is 5.75 Å². The van der Waals surface area contributed by atoms with E-state index in [1.165, 1.54) is 0 Å². The molecule has 0 aliphatic carbocycles. The van der Waals surface area contributed by atoms with Crippen molar-refractivity contribution in [3.05, 3.63) is 38.4 Å². The molecule has 9 heteroatoms. The fourth-order valence-corrected chi connectivity index (χ4v) is 1.84. The predicted molar refractivity (Wildman–Crippen MR) is 72.9 cm³/mol. The highest BCUT2D eigenvalue weighted by atomic mass is 32.2. The third kappa shape index (κ3) is 3.92. The van der Waals surface area contributed by atoms with Gasteiger partial charge in [0.2, 0.25) is 0 Å². The van der Waals surface area contributed by atoms with Crippen molar-refractivity contribution in [2.75, 3.05) is 12.9 Å². The molecule has 0 radical (unpaired) electrons. The van der Waals surface area contributed by atoms with Gasteiger partial charge in [-0.25, -0.2) is 0 Å². The van der Waals surface area contributed by atoms with Gasteiger partial charge in [-0.15, -0.1) is 0 Å². The SMILES string of the molecule is CSC(=O)[C@@H](C)COc1ccc([N+](=O)[O-])cc1[N+](=O)[O-]. The number of benzene rings is 1. The van der Waals surface area contributed by atoms with E-state index in [0.717, 1.165) is 30.0 Å². The number of rotatable bonds is 6. The van der Waals surface area contributed by atoms with Gasteiger partial charge in [-0.1, -0.05) is 18.7 Å². The first-order chi connectivity index (χ1) is 9.36. The molecule has 0 N–H and O–H groups in total. The maximum atomic E-state index is 11.4. The van der Waals surface area contributed by atoms with Crippen LogP contribution < -0.4 is 4.74 Å². The topological polar surface area (TPSA) is 113 Å². The zero-order chi connectivity index (χ0) is 15.3. The molecule has 1 aromatic rings. The normalized spacial score (nSPS) is 11.7. The highest BCUT2D eigenvalue weighted by molar-refractivity contribution is 8.13. The number of carbonyl (C=O) groups excluding carboxylic acids is 1. The monoisotopic (exact) mass is 300 g/mol. The van der Waals surface area contributed by atoms with Crippen molar-refractivity contribution in [3.63, 3.8) is 0 Å². The number of nitro groups is 2. The zero-order valence-corrected chi connectivity index (χ0v) is 11.6. The molecule has 0 amide bonds. The first kappa shape index (κ1) is 15.9. The maximum Gasteiger partial charge on any atom is 0.317 e. The van der Waals surface area contributed by atoms with Crippen molar-refractivity contribution in [1.29, 1.82) is 0 Å². The van der Waals surface area contributed by atoms with Crippen LogP contribution in [0.3, 0.4) is 0 Å². The van der Waals surface area contributed by atoms with Crippen LogP contribution >= 0.6 is 11.8 Å². The summed E-state index contributed by atoms with van der Waals surface area (Å²) in [7, 11) is 0. The van der Waals surface area contributed by atoms with Gasteiger partial charge < -0.3 is 4.74 Å². The molecule has 108 valence electrons. The number of hydrogen-bond acceptors (Lipinski definition) is 7. The van der Waals surface area contributed by atoms with E-state index in [9.17, 15) is 25.0 Å². The Bertz CT molecular complexity index is 548. The van der Waals surface area contributed by atoms with Crippen LogP contribution in [0.4, 0.5) is 11.4 Å². The Morgan fingerprint density at radius 1 is 1.35 bits per heavy atom. The van der Waals surface area contributed by atoms with Gasteiger partial charge in [-0.3, -0.25) is 25.0 Å². The summed E-state index contributed by atoms with van der Waals surface area (Å²) in [4.78, 5) is 31.3. The fraction of sp³-hybridized carbons (Fsp3) is 0.364. The molecule has 0 bridgehead atoms. The second-order valence-corrected chi connectivity index (χ2v) is 4.71. The van der Waals surface area contributed by atoms with Gasteiger partial charge in [0.05, 0.1) is 28.4 Å². The molecule has 8 nitrogen and oxygen atoms in total. The summed E-state index contributed by atoms with van der Waals surface area (Å²) in [5, 5.41) is 21.3. The molecule has 0 heterocycles. The molecule has 0 fully saturated rings. The number of carbonyl (C=O) groups is 1. The van der Waals surface area contributed by atoms with E-state index in [4.69, 9.17) is 4.74 Å². The van der Waals surface area contributed by atoms with Crippen molar-refractivity contribution in [2.24, 2.45) is 5.92 Å². The van der Waals surface area contributed by atoms with Crippen LogP contribution in [0.25, 0.3) is 0 Å². The lowest BCUT2D eigenvalue weighted by atomic mass is 10.2. The Labute approximate surface area is 118 Å². The standard InChI is InChI=1S/C11H12N2O6S/c1-7(11(14)20-2)6-19-10-4-3-8(12(15)16)5-9(10)13(17)18/h3-5,7H,6H2,1-2H3/t7-/m0/s1. The average Bonchev–Trinajstić information content (AvgIpc) is 2.43. The van der Waals surface area contributed by atoms with Gasteiger partial charge in [-0.2, -0.15) is 0 Å². The minimum atomic E-state index is -0.761. The Morgan fingerprint density at radius 2 is 2.00 bits per heavy atom. The summed E-state index contributed by atoms with van der Waals surface area (Å²) in [5.41, 5.74) is -0.889. The summed E-state index contributed by atoms with van der Waals surface area (Å²) in [6.07, 6.45) is 1.63. The van der Waals surface area contributed by atoms with E-state index in [-0.39, 0.29) is 17.5 Å². The first-order valence-electron chi connectivity index (χ1n) is 5.50. The van der Waals surface area contributed by atoms with Gasteiger partial charge >= 0.3 is 5.69 Å². The summed E-state index contributed by atoms with van der Waals surface area (Å²) < 4.78 is 5.22. The Balaban J connectivity index is 2.92. The second kappa shape index (κ2) is 6.85. The second-order valence-electron chi connectivity index (χ2n) is 3.90. The molecule has 0 saturated carbocycles. The van der Waals surface area contributed by atoms with E-state index >= 15 is 0 Å². The lowest BCUT2D eigenvalue weighted by molar-refractivity contribution is -0.394. The number of non-ortho nitro benzene ring substituents is 1. The van der Waals surface area contributed by atoms with Crippen molar-refractivity contribution in [2.45, 2.75) is 6.92 Å². The van der Waals surface area contributed by atoms with Gasteiger partial charge in [0, 0.05) is 6.07 Å². The summed E-state index contributed by atoms with van der Waals surface area (Å²) >= 11 is 1.04. The van der Waals surface area contributed by atoms with Gasteiger partial charge in [0.25, 0.3) is 5.69 Å². The van der Waals surface area contributed by atoms with Crippen LogP contribution in [0.1, 0.15) is 6.92 Å². The highest BCUT2D eigenvalue weighted by Gasteiger charge is 2.22. The Hall–Kier alpha value is -2.16. The van der Waals surface area contributed by atoms with Crippen molar-refractivity contribution in [1.82, 2.24) is 0 Å². The molecular formula is C11H12N2O6S.